The Bertz CT molecular complexity index is 140. The molecule has 3 heteroatoms. The van der Waals surface area contributed by atoms with Crippen molar-refractivity contribution >= 4 is 0 Å². The fraction of sp³-hybridized carbons (Fsp3) is 0. The molecule has 35 valence electrons. The van der Waals surface area contributed by atoms with Crippen LogP contribution in [0.3, 0.4) is 0 Å². The summed E-state index contributed by atoms with van der Waals surface area (Å²) in [5.74, 6) is -0.102. The fourth-order valence-corrected chi connectivity index (χ4v) is 0.279. The summed E-state index contributed by atoms with van der Waals surface area (Å²) < 4.78 is 0. The minimum absolute atomic E-state index is 0.102. The third-order valence-electron chi connectivity index (χ3n) is 0.557. The molecule has 1 aromatic rings. The zero-order valence-electron chi connectivity index (χ0n) is 3.53. The van der Waals surface area contributed by atoms with E-state index in [0.29, 0.717) is 0 Å². The summed E-state index contributed by atoms with van der Waals surface area (Å²) in [5.41, 5.74) is 0. The SMILES string of the molecule is [O]c1ccnnc1. The summed E-state index contributed by atoms with van der Waals surface area (Å²) in [7, 11) is 0. The van der Waals surface area contributed by atoms with Gasteiger partial charge >= 0.3 is 0 Å². The first kappa shape index (κ1) is 4.05. The maximum Gasteiger partial charge on any atom is 0.200 e. The number of rotatable bonds is 0. The van der Waals surface area contributed by atoms with Crippen LogP contribution in [0.15, 0.2) is 18.5 Å². The molecule has 0 amide bonds. The highest BCUT2D eigenvalue weighted by Crippen LogP contribution is 1.99. The molecule has 0 aliphatic carbocycles. The first-order valence-corrected chi connectivity index (χ1v) is 1.83. The molecule has 0 N–H and O–H groups in total. The second-order valence-electron chi connectivity index (χ2n) is 1.08. The molecular formula is C4H3N2O. The molecule has 0 unspecified atom stereocenters. The molecule has 0 bridgehead atoms. The summed E-state index contributed by atoms with van der Waals surface area (Å²) in [5, 5.41) is 16.9. The van der Waals surface area contributed by atoms with Crippen LogP contribution in [0.5, 0.6) is 5.75 Å². The zero-order chi connectivity index (χ0) is 5.11. The Morgan fingerprint density at radius 3 is 2.57 bits per heavy atom. The van der Waals surface area contributed by atoms with Gasteiger partial charge in [-0.25, -0.2) is 0 Å². The molecule has 1 aromatic heterocycles. The molecule has 0 aliphatic heterocycles. The van der Waals surface area contributed by atoms with Gasteiger partial charge in [0.15, 0.2) is 5.75 Å². The van der Waals surface area contributed by atoms with Crippen molar-refractivity contribution in [2.45, 2.75) is 0 Å². The van der Waals surface area contributed by atoms with Crippen molar-refractivity contribution in [1.82, 2.24) is 10.2 Å². The van der Waals surface area contributed by atoms with Crippen molar-refractivity contribution in [1.29, 1.82) is 0 Å². The van der Waals surface area contributed by atoms with E-state index >= 15 is 0 Å². The van der Waals surface area contributed by atoms with E-state index in [-0.39, 0.29) is 5.75 Å². The molecule has 0 aromatic carbocycles. The van der Waals surface area contributed by atoms with Crippen LogP contribution in [0, 0.1) is 0 Å². The highest BCUT2D eigenvalue weighted by molar-refractivity contribution is 5.08. The van der Waals surface area contributed by atoms with E-state index in [2.05, 4.69) is 10.2 Å². The van der Waals surface area contributed by atoms with Crippen molar-refractivity contribution in [2.24, 2.45) is 0 Å². The summed E-state index contributed by atoms with van der Waals surface area (Å²) in [6, 6.07) is 1.35. The highest BCUT2D eigenvalue weighted by Gasteiger charge is 1.81. The Hall–Kier alpha value is -1.12. The molecule has 1 radical (unpaired) electrons. The number of hydrogen-bond donors (Lipinski definition) is 0. The summed E-state index contributed by atoms with van der Waals surface area (Å²) >= 11 is 0. The average Bonchev–Trinajstić information content (AvgIpc) is 1.69. The predicted molar refractivity (Wildman–Crippen MR) is 22.2 cm³/mol. The van der Waals surface area contributed by atoms with Gasteiger partial charge in [0.25, 0.3) is 0 Å². The second kappa shape index (κ2) is 1.55. The van der Waals surface area contributed by atoms with Gasteiger partial charge in [-0.2, -0.15) is 10.2 Å². The lowest BCUT2D eigenvalue weighted by Crippen LogP contribution is -1.72. The van der Waals surface area contributed by atoms with Gasteiger partial charge in [-0.15, -0.1) is 0 Å². The van der Waals surface area contributed by atoms with Gasteiger partial charge in [-0.05, 0) is 0 Å². The van der Waals surface area contributed by atoms with Gasteiger partial charge in [0, 0.05) is 6.07 Å². The Labute approximate surface area is 40.6 Å². The van der Waals surface area contributed by atoms with E-state index in [0.717, 1.165) is 0 Å². The summed E-state index contributed by atoms with van der Waals surface area (Å²) in [6.45, 7) is 0. The average molecular weight is 95.1 g/mol. The van der Waals surface area contributed by atoms with Gasteiger partial charge < -0.3 is 0 Å². The van der Waals surface area contributed by atoms with Crippen LogP contribution in [0.4, 0.5) is 0 Å². The molecule has 0 aliphatic rings. The number of nitrogens with zero attached hydrogens (tertiary/aromatic N) is 2. The second-order valence-corrected chi connectivity index (χ2v) is 1.08. The van der Waals surface area contributed by atoms with Crippen LogP contribution in [-0.2, 0) is 5.11 Å². The van der Waals surface area contributed by atoms with E-state index in [1.165, 1.54) is 18.5 Å². The Kier molecular flexibility index (Phi) is 0.898. The molecule has 1 heterocycles. The van der Waals surface area contributed by atoms with E-state index in [1.807, 2.05) is 0 Å². The van der Waals surface area contributed by atoms with Crippen LogP contribution in [0.1, 0.15) is 0 Å². The van der Waals surface area contributed by atoms with Crippen molar-refractivity contribution in [3.05, 3.63) is 18.5 Å². The van der Waals surface area contributed by atoms with Crippen molar-refractivity contribution in [2.75, 3.05) is 0 Å². The van der Waals surface area contributed by atoms with E-state index < -0.39 is 0 Å². The lowest BCUT2D eigenvalue weighted by atomic mass is 10.5. The van der Waals surface area contributed by atoms with Gasteiger partial charge in [0.1, 0.15) is 0 Å². The molecule has 0 spiro atoms. The molecule has 0 atom stereocenters. The minimum Gasteiger partial charge on any atom is -0.288 e. The number of aromatic nitrogens is 2. The van der Waals surface area contributed by atoms with Gasteiger partial charge in [-0.1, -0.05) is 0 Å². The molecular weight excluding hydrogens is 92.1 g/mol. The molecule has 3 nitrogen and oxygen atoms in total. The normalized spacial score (nSPS) is 8.57. The van der Waals surface area contributed by atoms with Gasteiger partial charge in [0.2, 0.25) is 0 Å². The van der Waals surface area contributed by atoms with Gasteiger partial charge in [0.05, 0.1) is 12.4 Å². The first-order valence-electron chi connectivity index (χ1n) is 1.83. The predicted octanol–water partition coefficient (Wildman–Crippen LogP) is 0.620. The van der Waals surface area contributed by atoms with Crippen LogP contribution in [-0.4, -0.2) is 10.2 Å². The first-order chi connectivity index (χ1) is 3.39. The third-order valence-corrected chi connectivity index (χ3v) is 0.557. The van der Waals surface area contributed by atoms with E-state index in [4.69, 9.17) is 0 Å². The molecule has 0 saturated heterocycles. The quantitative estimate of drug-likeness (QED) is 0.474. The summed E-state index contributed by atoms with van der Waals surface area (Å²) in [4.78, 5) is 0. The summed E-state index contributed by atoms with van der Waals surface area (Å²) in [6.07, 6.45) is 2.53. The van der Waals surface area contributed by atoms with E-state index in [9.17, 15) is 5.11 Å². The molecule has 0 saturated carbocycles. The Morgan fingerprint density at radius 1 is 1.43 bits per heavy atom. The topological polar surface area (TPSA) is 45.7 Å². The van der Waals surface area contributed by atoms with Crippen molar-refractivity contribution in [3.63, 3.8) is 0 Å². The molecule has 1 rings (SSSR count). The molecule has 7 heavy (non-hydrogen) atoms. The lowest BCUT2D eigenvalue weighted by Gasteiger charge is -1.76. The minimum atomic E-state index is -0.102. The van der Waals surface area contributed by atoms with Crippen LogP contribution < -0.4 is 0 Å². The van der Waals surface area contributed by atoms with Crippen molar-refractivity contribution in [3.8, 4) is 5.75 Å². The van der Waals surface area contributed by atoms with Crippen LogP contribution in [0.25, 0.3) is 0 Å². The zero-order valence-corrected chi connectivity index (χ0v) is 3.53. The largest absolute Gasteiger partial charge is 0.288 e. The maximum atomic E-state index is 10.2. The maximum absolute atomic E-state index is 10.2. The van der Waals surface area contributed by atoms with E-state index in [1.54, 1.807) is 0 Å². The smallest absolute Gasteiger partial charge is 0.200 e. The Morgan fingerprint density at radius 2 is 2.29 bits per heavy atom. The van der Waals surface area contributed by atoms with Crippen molar-refractivity contribution < 1.29 is 5.11 Å². The number of hydrogen-bond acceptors (Lipinski definition) is 2. The lowest BCUT2D eigenvalue weighted by molar-refractivity contribution is 0.352. The monoisotopic (exact) mass is 95.0 g/mol. The third kappa shape index (κ3) is 0.855. The Balaban J connectivity index is 3.02. The highest BCUT2D eigenvalue weighted by atomic mass is 16.3. The van der Waals surface area contributed by atoms with Gasteiger partial charge in [-0.3, -0.25) is 5.11 Å². The van der Waals surface area contributed by atoms with Crippen LogP contribution >= 0.6 is 0 Å². The fourth-order valence-electron chi connectivity index (χ4n) is 0.279. The molecule has 0 fully saturated rings. The van der Waals surface area contributed by atoms with Crippen LogP contribution in [0.2, 0.25) is 0 Å². The standard InChI is InChI=1S/C4H3N2O/c7-4-1-2-5-6-3-4/h1-3H.